The van der Waals surface area contributed by atoms with E-state index in [1.807, 2.05) is 43.1 Å². The first-order chi connectivity index (χ1) is 14.7. The highest BCUT2D eigenvalue weighted by Gasteiger charge is 2.29. The molecule has 0 unspecified atom stereocenters. The van der Waals surface area contributed by atoms with Crippen molar-refractivity contribution >= 4 is 21.7 Å². The lowest BCUT2D eigenvalue weighted by molar-refractivity contribution is 0.0745. The van der Waals surface area contributed by atoms with Crippen molar-refractivity contribution in [3.8, 4) is 0 Å². The second kappa shape index (κ2) is 8.59. The number of amides is 1. The summed E-state index contributed by atoms with van der Waals surface area (Å²) in [5, 5.41) is 0. The summed E-state index contributed by atoms with van der Waals surface area (Å²) in [6, 6.07) is 7.80. The molecule has 8 heteroatoms. The third-order valence-corrected chi connectivity index (χ3v) is 8.04. The number of aryl methyl sites for hydroxylation is 3. The first kappa shape index (κ1) is 21.8. The first-order valence-corrected chi connectivity index (χ1v) is 12.4. The number of benzene rings is 1. The normalized spacial score (nSPS) is 19.1. The van der Waals surface area contributed by atoms with Gasteiger partial charge in [-0.1, -0.05) is 18.2 Å². The summed E-state index contributed by atoms with van der Waals surface area (Å²) < 4.78 is 25.6. The predicted octanol–water partition coefficient (Wildman–Crippen LogP) is 2.50. The smallest absolute Gasteiger partial charge is 0.254 e. The Bertz CT molecular complexity index is 1090. The zero-order valence-corrected chi connectivity index (χ0v) is 19.3. The molecular formula is C23H30N4O3S. The number of nitrogens with zero attached hydrogens (tertiary/aromatic N) is 4. The van der Waals surface area contributed by atoms with Gasteiger partial charge in [0.15, 0.2) is 0 Å². The van der Waals surface area contributed by atoms with E-state index < -0.39 is 10.0 Å². The van der Waals surface area contributed by atoms with Crippen LogP contribution in [0.1, 0.15) is 39.0 Å². The summed E-state index contributed by atoms with van der Waals surface area (Å²) in [5.41, 5.74) is 4.80. The predicted molar refractivity (Wildman–Crippen MR) is 122 cm³/mol. The van der Waals surface area contributed by atoms with Gasteiger partial charge in [-0.3, -0.25) is 4.79 Å². The highest BCUT2D eigenvalue weighted by atomic mass is 32.2. The van der Waals surface area contributed by atoms with Gasteiger partial charge < -0.3 is 9.80 Å². The fourth-order valence-corrected chi connectivity index (χ4v) is 5.97. The Balaban J connectivity index is 1.41. The van der Waals surface area contributed by atoms with Crippen LogP contribution in [0.2, 0.25) is 0 Å². The number of sulfonamides is 1. The van der Waals surface area contributed by atoms with Crippen LogP contribution in [0.5, 0.6) is 0 Å². The monoisotopic (exact) mass is 442 g/mol. The number of anilines is 1. The van der Waals surface area contributed by atoms with Crippen molar-refractivity contribution in [2.24, 2.45) is 0 Å². The van der Waals surface area contributed by atoms with Gasteiger partial charge in [0.05, 0.1) is 5.75 Å². The zero-order chi connectivity index (χ0) is 22.2. The van der Waals surface area contributed by atoms with E-state index in [0.29, 0.717) is 38.2 Å². The second-order valence-electron chi connectivity index (χ2n) is 8.58. The van der Waals surface area contributed by atoms with Gasteiger partial charge in [0.1, 0.15) is 5.82 Å². The molecule has 2 aliphatic heterocycles. The molecule has 1 amide bonds. The minimum Gasteiger partial charge on any atom is -0.353 e. The van der Waals surface area contributed by atoms with Gasteiger partial charge >= 0.3 is 0 Å². The summed E-state index contributed by atoms with van der Waals surface area (Å²) >= 11 is 0. The van der Waals surface area contributed by atoms with E-state index in [-0.39, 0.29) is 11.7 Å². The molecule has 2 aromatic rings. The van der Waals surface area contributed by atoms with Crippen molar-refractivity contribution < 1.29 is 13.2 Å². The zero-order valence-electron chi connectivity index (χ0n) is 18.5. The first-order valence-electron chi connectivity index (χ1n) is 10.8. The van der Waals surface area contributed by atoms with Crippen molar-refractivity contribution in [1.29, 1.82) is 0 Å². The van der Waals surface area contributed by atoms with Crippen LogP contribution in [0.25, 0.3) is 0 Å². The maximum atomic E-state index is 13.1. The van der Waals surface area contributed by atoms with Crippen molar-refractivity contribution in [2.45, 2.75) is 33.7 Å². The van der Waals surface area contributed by atoms with Crippen molar-refractivity contribution in [3.05, 3.63) is 58.3 Å². The molecule has 1 aromatic heterocycles. The second-order valence-corrected chi connectivity index (χ2v) is 10.7. The van der Waals surface area contributed by atoms with Gasteiger partial charge in [0.25, 0.3) is 5.91 Å². The summed E-state index contributed by atoms with van der Waals surface area (Å²) in [6.07, 6.45) is 2.57. The molecular weight excluding hydrogens is 412 g/mol. The van der Waals surface area contributed by atoms with Gasteiger partial charge in [-0.15, -0.1) is 0 Å². The van der Waals surface area contributed by atoms with Crippen molar-refractivity contribution in [3.63, 3.8) is 0 Å². The Morgan fingerprint density at radius 3 is 2.35 bits per heavy atom. The van der Waals surface area contributed by atoms with Crippen LogP contribution in [0.3, 0.4) is 0 Å². The van der Waals surface area contributed by atoms with E-state index in [1.165, 1.54) is 4.31 Å². The number of aromatic nitrogens is 1. The average Bonchev–Trinajstić information content (AvgIpc) is 3.06. The van der Waals surface area contributed by atoms with E-state index in [4.69, 9.17) is 0 Å². The van der Waals surface area contributed by atoms with Crippen LogP contribution < -0.4 is 4.90 Å². The minimum atomic E-state index is -3.13. The number of rotatable bonds is 4. The molecule has 2 aliphatic rings. The summed E-state index contributed by atoms with van der Waals surface area (Å²) in [6.45, 7) is 9.80. The van der Waals surface area contributed by atoms with Crippen LogP contribution >= 0.6 is 0 Å². The number of piperazine rings is 1. The fraction of sp³-hybridized carbons (Fsp3) is 0.478. The molecule has 0 bridgehead atoms. The van der Waals surface area contributed by atoms with Crippen LogP contribution in [0, 0.1) is 20.8 Å². The van der Waals surface area contributed by atoms with Crippen LogP contribution in [-0.2, 0) is 16.6 Å². The molecule has 0 saturated carbocycles. The maximum absolute atomic E-state index is 13.1. The van der Waals surface area contributed by atoms with Crippen LogP contribution in [-0.4, -0.2) is 67.0 Å². The van der Waals surface area contributed by atoms with Crippen LogP contribution in [0.15, 0.2) is 30.5 Å². The molecule has 7 nitrogen and oxygen atoms in total. The maximum Gasteiger partial charge on any atom is 0.254 e. The Hall–Kier alpha value is -2.45. The summed E-state index contributed by atoms with van der Waals surface area (Å²) in [7, 11) is -3.13. The lowest BCUT2D eigenvalue weighted by Crippen LogP contribution is -2.49. The highest BCUT2D eigenvalue weighted by molar-refractivity contribution is 7.89. The minimum absolute atomic E-state index is 0.0334. The molecule has 2 saturated heterocycles. The quantitative estimate of drug-likeness (QED) is 0.727. The molecule has 31 heavy (non-hydrogen) atoms. The highest BCUT2D eigenvalue weighted by Crippen LogP contribution is 2.22. The molecule has 166 valence electrons. The summed E-state index contributed by atoms with van der Waals surface area (Å²) in [5.74, 6) is 1.26. The van der Waals surface area contributed by atoms with Crippen LogP contribution in [0.4, 0.5) is 5.82 Å². The van der Waals surface area contributed by atoms with Crippen molar-refractivity contribution in [2.75, 3.05) is 43.4 Å². The summed E-state index contributed by atoms with van der Waals surface area (Å²) in [4.78, 5) is 21.8. The number of pyridine rings is 1. The molecule has 0 aliphatic carbocycles. The molecule has 2 fully saturated rings. The van der Waals surface area contributed by atoms with Gasteiger partial charge in [-0.25, -0.2) is 13.4 Å². The Morgan fingerprint density at radius 2 is 1.74 bits per heavy atom. The largest absolute Gasteiger partial charge is 0.353 e. The van der Waals surface area contributed by atoms with Crippen molar-refractivity contribution in [1.82, 2.24) is 14.2 Å². The van der Waals surface area contributed by atoms with E-state index in [1.54, 1.807) is 0 Å². The number of carbonyl (C=O) groups is 1. The number of hydrogen-bond acceptors (Lipinski definition) is 5. The van der Waals surface area contributed by atoms with E-state index in [9.17, 15) is 13.2 Å². The molecule has 0 N–H and O–H groups in total. The lowest BCUT2D eigenvalue weighted by Gasteiger charge is -2.36. The van der Waals surface area contributed by atoms with Gasteiger partial charge in [-0.05, 0) is 55.5 Å². The third-order valence-electron chi connectivity index (χ3n) is 6.14. The van der Waals surface area contributed by atoms with E-state index >= 15 is 0 Å². The van der Waals surface area contributed by atoms with E-state index in [0.717, 1.165) is 41.2 Å². The molecule has 0 spiro atoms. The van der Waals surface area contributed by atoms with E-state index in [2.05, 4.69) is 22.9 Å². The molecule has 4 rings (SSSR count). The molecule has 0 radical (unpaired) electrons. The SMILES string of the molecule is Cc1cnc(N2CCN(C(=O)c3ccc(CN4CCCS4(=O)=O)cc3C)CC2)c(C)c1. The van der Waals surface area contributed by atoms with Gasteiger partial charge in [-0.2, -0.15) is 4.31 Å². The topological polar surface area (TPSA) is 73.8 Å². The fourth-order valence-electron chi connectivity index (χ4n) is 4.47. The number of carbonyl (C=O) groups excluding carboxylic acids is 1. The Labute approximate surface area is 184 Å². The Morgan fingerprint density at radius 1 is 1.00 bits per heavy atom. The molecule has 1 aromatic carbocycles. The number of hydrogen-bond donors (Lipinski definition) is 0. The Kier molecular flexibility index (Phi) is 6.03. The molecule has 0 atom stereocenters. The standard InChI is InChI=1S/C23H30N4O3S/c1-17-13-19(3)22(24-15-17)25-8-10-26(11-9-25)23(28)21-6-5-20(14-18(21)2)16-27-7-4-12-31(27,29)30/h5-6,13-15H,4,7-12,16H2,1-3H3. The molecule has 3 heterocycles. The van der Waals surface area contributed by atoms with Gasteiger partial charge in [0.2, 0.25) is 10.0 Å². The average molecular weight is 443 g/mol. The van der Waals surface area contributed by atoms with Gasteiger partial charge in [0, 0.05) is 51.0 Å². The third kappa shape index (κ3) is 4.60. The lowest BCUT2D eigenvalue weighted by atomic mass is 10.0.